The smallest absolute Gasteiger partial charge is 0.260 e. The largest absolute Gasteiger partial charge is 0.494 e. The van der Waals surface area contributed by atoms with Crippen LogP contribution in [0.2, 0.25) is 0 Å². The van der Waals surface area contributed by atoms with Crippen LogP contribution in [0, 0.1) is 0 Å². The molecule has 5 nitrogen and oxygen atoms in total. The van der Waals surface area contributed by atoms with E-state index < -0.39 is 0 Å². The Morgan fingerprint density at radius 3 is 2.50 bits per heavy atom. The molecule has 0 radical (unpaired) electrons. The number of rotatable bonds is 6. The van der Waals surface area contributed by atoms with Crippen molar-refractivity contribution >= 4 is 5.91 Å². The second-order valence-electron chi connectivity index (χ2n) is 5.65. The lowest BCUT2D eigenvalue weighted by molar-refractivity contribution is -0.145. The zero-order valence-electron chi connectivity index (χ0n) is 13.6. The standard InChI is InChI=1S/C17H25NO4/c1-4-9-20-15-5-7-16(8-6-15)22-12-17(19)18-10-14(3)21-11-13(18)2/h5-8,13-14H,4,9-12H2,1-3H3. The first-order valence-electron chi connectivity index (χ1n) is 7.87. The molecule has 0 N–H and O–H groups in total. The van der Waals surface area contributed by atoms with Crippen molar-refractivity contribution in [2.45, 2.75) is 39.3 Å². The average Bonchev–Trinajstić information content (AvgIpc) is 2.54. The van der Waals surface area contributed by atoms with Gasteiger partial charge in [0.25, 0.3) is 5.91 Å². The maximum Gasteiger partial charge on any atom is 0.260 e. The number of carbonyl (C=O) groups excluding carboxylic acids is 1. The Balaban J connectivity index is 1.82. The molecule has 22 heavy (non-hydrogen) atoms. The minimum atomic E-state index is -0.00559. The number of nitrogens with zero attached hydrogens (tertiary/aromatic N) is 1. The third-order valence-electron chi connectivity index (χ3n) is 3.59. The topological polar surface area (TPSA) is 48.0 Å². The SMILES string of the molecule is CCCOc1ccc(OCC(=O)N2CC(C)OCC2C)cc1. The molecule has 1 amide bonds. The molecule has 2 atom stereocenters. The van der Waals surface area contributed by atoms with Crippen molar-refractivity contribution in [1.82, 2.24) is 4.90 Å². The highest BCUT2D eigenvalue weighted by Gasteiger charge is 2.27. The predicted molar refractivity (Wildman–Crippen MR) is 84.3 cm³/mol. The van der Waals surface area contributed by atoms with Gasteiger partial charge in [0.05, 0.1) is 25.4 Å². The molecule has 1 aromatic rings. The third kappa shape index (κ3) is 4.63. The molecule has 1 saturated heterocycles. The van der Waals surface area contributed by atoms with Crippen molar-refractivity contribution in [2.24, 2.45) is 0 Å². The van der Waals surface area contributed by atoms with Crippen molar-refractivity contribution < 1.29 is 19.0 Å². The Bertz CT molecular complexity index is 474. The first-order chi connectivity index (χ1) is 10.6. The molecular weight excluding hydrogens is 282 g/mol. The summed E-state index contributed by atoms with van der Waals surface area (Å²) < 4.78 is 16.6. The number of morpholine rings is 1. The lowest BCUT2D eigenvalue weighted by Gasteiger charge is -2.36. The van der Waals surface area contributed by atoms with E-state index in [1.54, 1.807) is 0 Å². The normalized spacial score (nSPS) is 21.5. The highest BCUT2D eigenvalue weighted by molar-refractivity contribution is 5.78. The van der Waals surface area contributed by atoms with Crippen LogP contribution in [0.3, 0.4) is 0 Å². The summed E-state index contributed by atoms with van der Waals surface area (Å²) in [5.74, 6) is 1.48. The molecule has 0 aromatic heterocycles. The monoisotopic (exact) mass is 307 g/mol. The summed E-state index contributed by atoms with van der Waals surface area (Å²) in [6, 6.07) is 7.45. The van der Waals surface area contributed by atoms with Crippen LogP contribution in [0.15, 0.2) is 24.3 Å². The highest BCUT2D eigenvalue weighted by atomic mass is 16.5. The molecule has 1 fully saturated rings. The second kappa shape index (κ2) is 8.03. The van der Waals surface area contributed by atoms with Gasteiger partial charge in [-0.15, -0.1) is 0 Å². The molecule has 0 aliphatic carbocycles. The molecule has 2 unspecified atom stereocenters. The maximum absolute atomic E-state index is 12.3. The summed E-state index contributed by atoms with van der Waals surface area (Å²) in [5, 5.41) is 0. The fourth-order valence-electron chi connectivity index (χ4n) is 2.33. The van der Waals surface area contributed by atoms with Gasteiger partial charge in [-0.25, -0.2) is 0 Å². The third-order valence-corrected chi connectivity index (χ3v) is 3.59. The fourth-order valence-corrected chi connectivity index (χ4v) is 2.33. The molecule has 1 heterocycles. The average molecular weight is 307 g/mol. The number of hydrogen-bond donors (Lipinski definition) is 0. The molecule has 1 aromatic carbocycles. The first kappa shape index (κ1) is 16.6. The molecular formula is C17H25NO4. The van der Waals surface area contributed by atoms with Gasteiger partial charge < -0.3 is 19.1 Å². The molecule has 0 bridgehead atoms. The van der Waals surface area contributed by atoms with E-state index in [1.165, 1.54) is 0 Å². The molecule has 5 heteroatoms. The van der Waals surface area contributed by atoms with Gasteiger partial charge in [-0.1, -0.05) is 6.92 Å². The van der Waals surface area contributed by atoms with E-state index in [-0.39, 0.29) is 24.7 Å². The number of hydrogen-bond acceptors (Lipinski definition) is 4. The van der Waals surface area contributed by atoms with Gasteiger partial charge in [-0.3, -0.25) is 4.79 Å². The quantitative estimate of drug-likeness (QED) is 0.810. The Kier molecular flexibility index (Phi) is 6.07. The van der Waals surface area contributed by atoms with Gasteiger partial charge in [-0.05, 0) is 44.5 Å². The lowest BCUT2D eigenvalue weighted by Crippen LogP contribution is -2.51. The van der Waals surface area contributed by atoms with Crippen LogP contribution in [0.5, 0.6) is 11.5 Å². The van der Waals surface area contributed by atoms with Gasteiger partial charge in [0.15, 0.2) is 6.61 Å². The summed E-state index contributed by atoms with van der Waals surface area (Å²) in [4.78, 5) is 14.1. The maximum atomic E-state index is 12.3. The first-order valence-corrected chi connectivity index (χ1v) is 7.87. The van der Waals surface area contributed by atoms with Crippen LogP contribution in [0.1, 0.15) is 27.2 Å². The minimum absolute atomic E-state index is 0.00559. The van der Waals surface area contributed by atoms with E-state index in [0.717, 1.165) is 12.2 Å². The van der Waals surface area contributed by atoms with Crippen LogP contribution in [0.4, 0.5) is 0 Å². The van der Waals surface area contributed by atoms with Gasteiger partial charge in [0.1, 0.15) is 11.5 Å². The zero-order chi connectivity index (χ0) is 15.9. The number of carbonyl (C=O) groups is 1. The van der Waals surface area contributed by atoms with Crippen molar-refractivity contribution in [3.05, 3.63) is 24.3 Å². The predicted octanol–water partition coefficient (Wildman–Crippen LogP) is 2.49. The summed E-state index contributed by atoms with van der Waals surface area (Å²) in [5.41, 5.74) is 0. The van der Waals surface area contributed by atoms with Gasteiger partial charge in [0.2, 0.25) is 0 Å². The second-order valence-corrected chi connectivity index (χ2v) is 5.65. The van der Waals surface area contributed by atoms with Gasteiger partial charge >= 0.3 is 0 Å². The van der Waals surface area contributed by atoms with Crippen LogP contribution in [-0.2, 0) is 9.53 Å². The van der Waals surface area contributed by atoms with E-state index >= 15 is 0 Å². The Labute approximate surface area is 132 Å². The molecule has 122 valence electrons. The fraction of sp³-hybridized carbons (Fsp3) is 0.588. The van der Waals surface area contributed by atoms with Crippen LogP contribution in [-0.4, -0.2) is 49.3 Å². The van der Waals surface area contributed by atoms with Gasteiger partial charge in [-0.2, -0.15) is 0 Å². The van der Waals surface area contributed by atoms with Crippen molar-refractivity contribution in [1.29, 1.82) is 0 Å². The van der Waals surface area contributed by atoms with E-state index in [9.17, 15) is 4.79 Å². The zero-order valence-corrected chi connectivity index (χ0v) is 13.6. The Morgan fingerprint density at radius 1 is 1.23 bits per heavy atom. The minimum Gasteiger partial charge on any atom is -0.494 e. The molecule has 2 rings (SSSR count). The molecule has 0 saturated carbocycles. The number of benzene rings is 1. The van der Waals surface area contributed by atoms with E-state index in [0.29, 0.717) is 25.5 Å². The van der Waals surface area contributed by atoms with Crippen molar-refractivity contribution in [2.75, 3.05) is 26.4 Å². The number of ether oxygens (including phenoxy) is 3. The Hall–Kier alpha value is -1.75. The summed E-state index contributed by atoms with van der Waals surface area (Å²) in [7, 11) is 0. The molecule has 1 aliphatic rings. The highest BCUT2D eigenvalue weighted by Crippen LogP contribution is 2.18. The molecule has 0 spiro atoms. The van der Waals surface area contributed by atoms with E-state index in [2.05, 4.69) is 6.92 Å². The van der Waals surface area contributed by atoms with Gasteiger partial charge in [0, 0.05) is 6.54 Å². The Morgan fingerprint density at radius 2 is 1.86 bits per heavy atom. The summed E-state index contributed by atoms with van der Waals surface area (Å²) in [6.45, 7) is 7.98. The van der Waals surface area contributed by atoms with Crippen LogP contribution in [0.25, 0.3) is 0 Å². The molecule has 1 aliphatic heterocycles. The van der Waals surface area contributed by atoms with Crippen LogP contribution < -0.4 is 9.47 Å². The van der Waals surface area contributed by atoms with E-state index in [4.69, 9.17) is 14.2 Å². The summed E-state index contributed by atoms with van der Waals surface area (Å²) >= 11 is 0. The van der Waals surface area contributed by atoms with E-state index in [1.807, 2.05) is 43.0 Å². The van der Waals surface area contributed by atoms with Crippen molar-refractivity contribution in [3.63, 3.8) is 0 Å². The van der Waals surface area contributed by atoms with Crippen molar-refractivity contribution in [3.8, 4) is 11.5 Å². The summed E-state index contributed by atoms with van der Waals surface area (Å²) in [6.07, 6.45) is 1.05. The lowest BCUT2D eigenvalue weighted by atomic mass is 10.2. The van der Waals surface area contributed by atoms with Crippen LogP contribution >= 0.6 is 0 Å². The number of amides is 1.